The molecule has 0 bridgehead atoms. The lowest BCUT2D eigenvalue weighted by molar-refractivity contribution is 0.0491. The molecule has 1 aromatic carbocycles. The molecule has 0 fully saturated rings. The van der Waals surface area contributed by atoms with Crippen LogP contribution in [0.15, 0.2) is 29.3 Å². The van der Waals surface area contributed by atoms with Crippen LogP contribution in [-0.2, 0) is 11.2 Å². The van der Waals surface area contributed by atoms with Gasteiger partial charge in [0.15, 0.2) is 5.96 Å². The van der Waals surface area contributed by atoms with E-state index < -0.39 is 11.7 Å². The van der Waals surface area contributed by atoms with Crippen molar-refractivity contribution < 1.29 is 14.3 Å². The first-order chi connectivity index (χ1) is 14.1. The number of alkyl carbamates (subject to hydrolysis) is 1. The number of halogens is 1. The molecule has 0 aliphatic carbocycles. The zero-order chi connectivity index (χ0) is 22.7. The fourth-order valence-corrected chi connectivity index (χ4v) is 2.68. The Morgan fingerprint density at radius 1 is 1.16 bits per heavy atom. The van der Waals surface area contributed by atoms with Crippen molar-refractivity contribution >= 4 is 41.9 Å². The molecule has 1 rings (SSSR count). The predicted molar refractivity (Wildman–Crippen MR) is 136 cm³/mol. The third-order valence-electron chi connectivity index (χ3n) is 4.34. The molecule has 0 aliphatic heterocycles. The van der Waals surface area contributed by atoms with E-state index in [1.54, 1.807) is 20.2 Å². The minimum atomic E-state index is -0.536. The second-order valence-electron chi connectivity index (χ2n) is 8.41. The van der Waals surface area contributed by atoms with Gasteiger partial charge in [-0.2, -0.15) is 0 Å². The minimum Gasteiger partial charge on any atom is -0.444 e. The average molecular weight is 547 g/mol. The van der Waals surface area contributed by atoms with Crippen molar-refractivity contribution in [2.75, 3.05) is 27.2 Å². The van der Waals surface area contributed by atoms with Crippen LogP contribution in [-0.4, -0.2) is 56.8 Å². The maximum Gasteiger partial charge on any atom is 0.407 e. The highest BCUT2D eigenvalue weighted by molar-refractivity contribution is 14.0. The van der Waals surface area contributed by atoms with E-state index in [4.69, 9.17) is 4.74 Å². The second-order valence-corrected chi connectivity index (χ2v) is 8.41. The SMILES string of the molecule is CN=C(NCCc1cccc(C(=O)NC)c1)NCC(NC(=O)OC(C)(C)C)C(C)C.I. The summed E-state index contributed by atoms with van der Waals surface area (Å²) in [5, 5.41) is 12.1. The number of amides is 2. The fraction of sp³-hybridized carbons (Fsp3) is 0.591. The molecule has 1 unspecified atom stereocenters. The highest BCUT2D eigenvalue weighted by atomic mass is 127. The van der Waals surface area contributed by atoms with Gasteiger partial charge in [0.25, 0.3) is 5.91 Å². The Hall–Kier alpha value is -2.04. The number of hydrogen-bond acceptors (Lipinski definition) is 4. The largest absolute Gasteiger partial charge is 0.444 e. The number of rotatable bonds is 8. The summed E-state index contributed by atoms with van der Waals surface area (Å²) >= 11 is 0. The second kappa shape index (κ2) is 14.1. The summed E-state index contributed by atoms with van der Waals surface area (Å²) in [5.74, 6) is 0.768. The Morgan fingerprint density at radius 2 is 1.84 bits per heavy atom. The Morgan fingerprint density at radius 3 is 2.39 bits per heavy atom. The van der Waals surface area contributed by atoms with Gasteiger partial charge in [-0.25, -0.2) is 4.79 Å². The number of hydrogen-bond donors (Lipinski definition) is 4. The zero-order valence-electron chi connectivity index (χ0n) is 19.7. The first kappa shape index (κ1) is 29.0. The van der Waals surface area contributed by atoms with Crippen LogP contribution >= 0.6 is 24.0 Å². The van der Waals surface area contributed by atoms with E-state index >= 15 is 0 Å². The van der Waals surface area contributed by atoms with Gasteiger partial charge >= 0.3 is 6.09 Å². The topological polar surface area (TPSA) is 104 Å². The van der Waals surface area contributed by atoms with Crippen LogP contribution in [0.2, 0.25) is 0 Å². The quantitative estimate of drug-likeness (QED) is 0.228. The van der Waals surface area contributed by atoms with E-state index in [-0.39, 0.29) is 41.8 Å². The van der Waals surface area contributed by atoms with Crippen LogP contribution in [0.1, 0.15) is 50.5 Å². The summed E-state index contributed by atoms with van der Waals surface area (Å²) in [7, 11) is 3.32. The van der Waals surface area contributed by atoms with Gasteiger partial charge in [0.1, 0.15) is 5.60 Å². The average Bonchev–Trinajstić information content (AvgIpc) is 2.67. The van der Waals surface area contributed by atoms with Gasteiger partial charge in [-0.1, -0.05) is 26.0 Å². The number of carbonyl (C=O) groups excluding carboxylic acids is 2. The number of guanidine groups is 1. The number of aliphatic imine (C=N–C) groups is 1. The smallest absolute Gasteiger partial charge is 0.407 e. The normalized spacial score (nSPS) is 12.5. The summed E-state index contributed by atoms with van der Waals surface area (Å²) in [5.41, 5.74) is 1.17. The molecule has 1 aromatic rings. The lowest BCUT2D eigenvalue weighted by Gasteiger charge is -2.26. The molecule has 0 aromatic heterocycles. The summed E-state index contributed by atoms with van der Waals surface area (Å²) in [6.07, 6.45) is 0.317. The molecule has 0 heterocycles. The van der Waals surface area contributed by atoms with Gasteiger partial charge in [0.2, 0.25) is 0 Å². The molecule has 8 nitrogen and oxygen atoms in total. The van der Waals surface area contributed by atoms with Gasteiger partial charge in [-0.3, -0.25) is 9.79 Å². The third-order valence-corrected chi connectivity index (χ3v) is 4.34. The molecule has 176 valence electrons. The Labute approximate surface area is 203 Å². The first-order valence-electron chi connectivity index (χ1n) is 10.3. The van der Waals surface area contributed by atoms with E-state index in [2.05, 4.69) is 26.3 Å². The monoisotopic (exact) mass is 547 g/mol. The van der Waals surface area contributed by atoms with E-state index in [0.29, 0.717) is 24.6 Å². The molecule has 2 amide bonds. The summed E-state index contributed by atoms with van der Waals surface area (Å²) in [4.78, 5) is 28.1. The van der Waals surface area contributed by atoms with E-state index in [1.807, 2.05) is 52.8 Å². The minimum absolute atomic E-state index is 0. The Balaban J connectivity index is 0.00000900. The van der Waals surface area contributed by atoms with Crippen molar-refractivity contribution in [2.24, 2.45) is 10.9 Å². The van der Waals surface area contributed by atoms with Crippen LogP contribution in [0.4, 0.5) is 4.79 Å². The Kier molecular flexibility index (Phi) is 13.2. The molecule has 0 saturated heterocycles. The van der Waals surface area contributed by atoms with Crippen molar-refractivity contribution in [3.05, 3.63) is 35.4 Å². The van der Waals surface area contributed by atoms with E-state index in [9.17, 15) is 9.59 Å². The molecule has 1 atom stereocenters. The number of nitrogens with one attached hydrogen (secondary N) is 4. The lowest BCUT2D eigenvalue weighted by Crippen LogP contribution is -2.50. The van der Waals surface area contributed by atoms with Crippen molar-refractivity contribution in [1.29, 1.82) is 0 Å². The van der Waals surface area contributed by atoms with Gasteiger partial charge in [-0.05, 0) is 50.8 Å². The Bertz CT molecular complexity index is 732. The number of benzene rings is 1. The fourth-order valence-electron chi connectivity index (χ4n) is 2.68. The molecular weight excluding hydrogens is 509 g/mol. The molecule has 0 aliphatic rings. The first-order valence-corrected chi connectivity index (χ1v) is 10.3. The van der Waals surface area contributed by atoms with Gasteiger partial charge in [0, 0.05) is 32.7 Å². The molecule has 0 saturated carbocycles. The molecule has 0 spiro atoms. The molecule has 31 heavy (non-hydrogen) atoms. The van der Waals surface area contributed by atoms with E-state index in [0.717, 1.165) is 12.0 Å². The lowest BCUT2D eigenvalue weighted by atomic mass is 10.0. The van der Waals surface area contributed by atoms with Crippen LogP contribution < -0.4 is 21.3 Å². The number of nitrogens with zero attached hydrogens (tertiary/aromatic N) is 1. The van der Waals surface area contributed by atoms with Crippen LogP contribution in [0, 0.1) is 5.92 Å². The molecule has 9 heteroatoms. The van der Waals surface area contributed by atoms with Gasteiger partial charge < -0.3 is 26.0 Å². The maximum atomic E-state index is 12.1. The van der Waals surface area contributed by atoms with Crippen molar-refractivity contribution in [1.82, 2.24) is 21.3 Å². The molecular formula is C22H38IN5O3. The van der Waals surface area contributed by atoms with Crippen LogP contribution in [0.3, 0.4) is 0 Å². The zero-order valence-corrected chi connectivity index (χ0v) is 22.0. The highest BCUT2D eigenvalue weighted by Crippen LogP contribution is 2.08. The van der Waals surface area contributed by atoms with Crippen LogP contribution in [0.5, 0.6) is 0 Å². The summed E-state index contributed by atoms with van der Waals surface area (Å²) in [6, 6.07) is 7.44. The third kappa shape index (κ3) is 11.8. The van der Waals surface area contributed by atoms with Crippen LogP contribution in [0.25, 0.3) is 0 Å². The summed E-state index contributed by atoms with van der Waals surface area (Å²) < 4.78 is 5.35. The molecule has 4 N–H and O–H groups in total. The van der Waals surface area contributed by atoms with E-state index in [1.165, 1.54) is 0 Å². The highest BCUT2D eigenvalue weighted by Gasteiger charge is 2.21. The number of ether oxygens (including phenoxy) is 1. The maximum absolute atomic E-state index is 12.1. The van der Waals surface area contributed by atoms with Crippen molar-refractivity contribution in [3.8, 4) is 0 Å². The van der Waals surface area contributed by atoms with Crippen molar-refractivity contribution in [2.45, 2.75) is 52.7 Å². The van der Waals surface area contributed by atoms with Gasteiger partial charge in [0.05, 0.1) is 6.04 Å². The van der Waals surface area contributed by atoms with Gasteiger partial charge in [-0.15, -0.1) is 24.0 Å². The molecule has 0 radical (unpaired) electrons. The predicted octanol–water partition coefficient (Wildman–Crippen LogP) is 2.92. The standard InChI is InChI=1S/C22H37N5O3.HI/c1-15(2)18(27-21(29)30-22(3,4)5)14-26-20(24-7)25-12-11-16-9-8-10-17(13-16)19(28)23-6;/h8-10,13,15,18H,11-12,14H2,1-7H3,(H,23,28)(H,27,29)(H2,24,25,26);1H. The van der Waals surface area contributed by atoms with Crippen molar-refractivity contribution in [3.63, 3.8) is 0 Å². The summed E-state index contributed by atoms with van der Waals surface area (Å²) in [6.45, 7) is 10.8. The number of carbonyl (C=O) groups is 2.